The molecule has 0 amide bonds. The predicted molar refractivity (Wildman–Crippen MR) is 25.0 cm³/mol. The molecular weight excluding hydrogens is 78.0 g/mol. The number of hydrogen-bond donors (Lipinski definition) is 2. The van der Waals surface area contributed by atoms with E-state index in [4.69, 9.17) is 10.8 Å². The molecule has 36 valence electrons. The lowest BCUT2D eigenvalue weighted by Crippen LogP contribution is -2.36. The van der Waals surface area contributed by atoms with Gasteiger partial charge in [0.2, 0.25) is 0 Å². The fourth-order valence-corrected chi connectivity index (χ4v) is 0. The smallest absolute Gasteiger partial charge is 0.174 e. The van der Waals surface area contributed by atoms with Gasteiger partial charge in [0.15, 0.2) is 5.54 Å². The van der Waals surface area contributed by atoms with Crippen LogP contribution in [0.2, 0.25) is 0 Å². The van der Waals surface area contributed by atoms with Gasteiger partial charge in [-0.05, 0) is 6.92 Å². The van der Waals surface area contributed by atoms with Gasteiger partial charge in [-0.2, -0.15) is 0 Å². The summed E-state index contributed by atoms with van der Waals surface area (Å²) in [4.78, 5) is 0. The molecule has 0 saturated heterocycles. The van der Waals surface area contributed by atoms with Gasteiger partial charge in [0, 0.05) is 0 Å². The van der Waals surface area contributed by atoms with Gasteiger partial charge in [0.05, 0.1) is 6.92 Å². The average Bonchev–Trinajstić information content (AvgIpc) is 1.35. The summed E-state index contributed by atoms with van der Waals surface area (Å²) in [6.45, 7) is 5.01. The first-order chi connectivity index (χ1) is 2.56. The van der Waals surface area contributed by atoms with Crippen LogP contribution in [0.5, 0.6) is 0 Å². The molecular formula is C4H10NO+. The Morgan fingerprint density at radius 1 is 2.00 bits per heavy atom. The van der Waals surface area contributed by atoms with E-state index in [-0.39, 0.29) is 6.61 Å². The number of aliphatic hydroxyl groups is 1. The SMILES string of the molecule is [CH2+]C(C)(N)CO. The Balaban J connectivity index is 3.17. The van der Waals surface area contributed by atoms with Crippen LogP contribution < -0.4 is 5.73 Å². The summed E-state index contributed by atoms with van der Waals surface area (Å²) in [5.41, 5.74) is 4.52. The monoisotopic (exact) mass is 88.1 g/mol. The molecule has 6 heavy (non-hydrogen) atoms. The van der Waals surface area contributed by atoms with Gasteiger partial charge in [0.1, 0.15) is 6.61 Å². The van der Waals surface area contributed by atoms with E-state index in [9.17, 15) is 0 Å². The van der Waals surface area contributed by atoms with Crippen LogP contribution in [0.1, 0.15) is 6.92 Å². The van der Waals surface area contributed by atoms with Crippen molar-refractivity contribution in [1.82, 2.24) is 0 Å². The zero-order chi connectivity index (χ0) is 5.21. The second-order valence-electron chi connectivity index (χ2n) is 1.81. The van der Waals surface area contributed by atoms with Crippen molar-refractivity contribution in [1.29, 1.82) is 0 Å². The van der Waals surface area contributed by atoms with Crippen molar-refractivity contribution < 1.29 is 5.11 Å². The highest BCUT2D eigenvalue weighted by Crippen LogP contribution is 1.89. The lowest BCUT2D eigenvalue weighted by molar-refractivity contribution is 0.237. The van der Waals surface area contributed by atoms with E-state index in [1.165, 1.54) is 0 Å². The van der Waals surface area contributed by atoms with Gasteiger partial charge >= 0.3 is 0 Å². The Bertz CT molecular complexity index is 37.3. The Labute approximate surface area is 38.0 Å². The van der Waals surface area contributed by atoms with E-state index in [0.29, 0.717) is 0 Å². The van der Waals surface area contributed by atoms with Crippen LogP contribution in [-0.4, -0.2) is 17.3 Å². The van der Waals surface area contributed by atoms with E-state index in [0.717, 1.165) is 0 Å². The van der Waals surface area contributed by atoms with Crippen LogP contribution in [-0.2, 0) is 0 Å². The summed E-state index contributed by atoms with van der Waals surface area (Å²) in [6, 6.07) is 0. The topological polar surface area (TPSA) is 46.2 Å². The molecule has 0 heterocycles. The van der Waals surface area contributed by atoms with Gasteiger partial charge in [0.25, 0.3) is 0 Å². The standard InChI is InChI=1S/C4H10NO/c1-4(2,5)3-6/h6H,1,3,5H2,2H3/q+1. The maximum absolute atomic E-state index is 8.22. The van der Waals surface area contributed by atoms with E-state index in [1.807, 2.05) is 0 Å². The molecule has 0 radical (unpaired) electrons. The number of aliphatic hydroxyl groups excluding tert-OH is 1. The van der Waals surface area contributed by atoms with Crippen molar-refractivity contribution in [3.8, 4) is 0 Å². The van der Waals surface area contributed by atoms with Crippen molar-refractivity contribution >= 4 is 0 Å². The van der Waals surface area contributed by atoms with Gasteiger partial charge in [-0.1, -0.05) is 0 Å². The molecule has 2 heteroatoms. The van der Waals surface area contributed by atoms with Gasteiger partial charge in [-0.3, -0.25) is 5.73 Å². The van der Waals surface area contributed by atoms with Gasteiger partial charge < -0.3 is 5.11 Å². The molecule has 0 aromatic carbocycles. The lowest BCUT2D eigenvalue weighted by atomic mass is 10.1. The summed E-state index contributed by atoms with van der Waals surface area (Å²) < 4.78 is 0. The predicted octanol–water partition coefficient (Wildman–Crippen LogP) is -0.470. The summed E-state index contributed by atoms with van der Waals surface area (Å²) in [6.07, 6.45) is 0. The van der Waals surface area contributed by atoms with Crippen molar-refractivity contribution in [3.05, 3.63) is 6.92 Å². The van der Waals surface area contributed by atoms with Crippen LogP contribution in [0.25, 0.3) is 0 Å². The third-order valence-electron chi connectivity index (χ3n) is 0.361. The zero-order valence-electron chi connectivity index (χ0n) is 3.94. The van der Waals surface area contributed by atoms with Gasteiger partial charge in [-0.25, -0.2) is 0 Å². The molecule has 0 saturated carbocycles. The van der Waals surface area contributed by atoms with Crippen LogP contribution >= 0.6 is 0 Å². The Kier molecular flexibility index (Phi) is 1.44. The molecule has 0 rings (SSSR count). The minimum atomic E-state index is -0.653. The zero-order valence-corrected chi connectivity index (χ0v) is 3.94. The van der Waals surface area contributed by atoms with Crippen LogP contribution in [0.15, 0.2) is 0 Å². The van der Waals surface area contributed by atoms with Crippen molar-refractivity contribution in [2.75, 3.05) is 6.61 Å². The summed E-state index contributed by atoms with van der Waals surface area (Å²) in [5, 5.41) is 8.22. The minimum Gasteiger partial charge on any atom is -0.390 e. The van der Waals surface area contributed by atoms with E-state index in [1.54, 1.807) is 6.92 Å². The Hall–Kier alpha value is -0.210. The first kappa shape index (κ1) is 5.79. The molecule has 1 atom stereocenters. The van der Waals surface area contributed by atoms with Crippen LogP contribution in [0, 0.1) is 6.92 Å². The molecule has 0 aliphatic heterocycles. The molecule has 3 N–H and O–H groups in total. The van der Waals surface area contributed by atoms with Crippen molar-refractivity contribution in [2.24, 2.45) is 5.73 Å². The molecule has 0 aliphatic carbocycles. The van der Waals surface area contributed by atoms with Crippen molar-refractivity contribution in [2.45, 2.75) is 12.5 Å². The largest absolute Gasteiger partial charge is 0.390 e. The third-order valence-corrected chi connectivity index (χ3v) is 0.361. The highest BCUT2D eigenvalue weighted by Gasteiger charge is 2.15. The highest BCUT2D eigenvalue weighted by atomic mass is 16.3. The minimum absolute atomic E-state index is 0.0625. The third kappa shape index (κ3) is 3.79. The van der Waals surface area contributed by atoms with E-state index >= 15 is 0 Å². The highest BCUT2D eigenvalue weighted by molar-refractivity contribution is 4.78. The number of rotatable bonds is 1. The fraction of sp³-hybridized carbons (Fsp3) is 0.750. The second-order valence-corrected chi connectivity index (χ2v) is 1.81. The molecule has 0 fully saturated rings. The molecule has 2 nitrogen and oxygen atoms in total. The normalized spacial score (nSPS) is 19.8. The second kappa shape index (κ2) is 1.49. The van der Waals surface area contributed by atoms with Crippen LogP contribution in [0.4, 0.5) is 0 Å². The molecule has 1 unspecified atom stereocenters. The first-order valence-electron chi connectivity index (χ1n) is 1.81. The Morgan fingerprint density at radius 3 is 2.17 bits per heavy atom. The summed E-state index contributed by atoms with van der Waals surface area (Å²) >= 11 is 0. The maximum Gasteiger partial charge on any atom is 0.174 e. The molecule has 0 spiro atoms. The molecule has 0 aliphatic rings. The van der Waals surface area contributed by atoms with Gasteiger partial charge in [-0.15, -0.1) is 0 Å². The average molecular weight is 88.1 g/mol. The first-order valence-corrected chi connectivity index (χ1v) is 1.81. The maximum atomic E-state index is 8.22. The van der Waals surface area contributed by atoms with Crippen molar-refractivity contribution in [3.63, 3.8) is 0 Å². The fourth-order valence-electron chi connectivity index (χ4n) is 0. The molecule has 0 aromatic rings. The number of nitrogens with two attached hydrogens (primary N) is 1. The summed E-state index contributed by atoms with van der Waals surface area (Å²) in [5.74, 6) is 0. The van der Waals surface area contributed by atoms with E-state index in [2.05, 4.69) is 6.92 Å². The summed E-state index contributed by atoms with van der Waals surface area (Å²) in [7, 11) is 0. The Morgan fingerprint density at radius 2 is 2.17 bits per heavy atom. The van der Waals surface area contributed by atoms with E-state index < -0.39 is 5.54 Å². The quantitative estimate of drug-likeness (QED) is 0.426. The molecule has 0 aromatic heterocycles. The molecule has 0 bridgehead atoms. The lowest BCUT2D eigenvalue weighted by Gasteiger charge is -2.03. The van der Waals surface area contributed by atoms with Crippen LogP contribution in [0.3, 0.4) is 0 Å². The number of hydrogen-bond acceptors (Lipinski definition) is 2.